The number of benzene rings is 2. The highest BCUT2D eigenvalue weighted by atomic mass is 32.2. The Kier molecular flexibility index (Phi) is 4.80. The molecule has 0 heterocycles. The van der Waals surface area contributed by atoms with Crippen molar-refractivity contribution in [3.05, 3.63) is 65.7 Å². The molecule has 0 amide bonds. The second-order valence-corrected chi connectivity index (χ2v) is 7.28. The minimum Gasteiger partial charge on any atom is -0.207 e. The average Bonchev–Trinajstić information content (AvgIpc) is 2.46. The Balaban J connectivity index is 2.30. The zero-order valence-corrected chi connectivity index (χ0v) is 13.4. The third-order valence-corrected chi connectivity index (χ3v) is 4.90. The van der Waals surface area contributed by atoms with Crippen LogP contribution in [0.3, 0.4) is 0 Å². The highest BCUT2D eigenvalue weighted by Crippen LogP contribution is 2.24. The Labute approximate surface area is 127 Å². The molecule has 0 radical (unpaired) electrons. The molecule has 0 aliphatic carbocycles. The fourth-order valence-electron chi connectivity index (χ4n) is 2.20. The second-order valence-electron chi connectivity index (χ2n) is 5.57. The lowest BCUT2D eigenvalue weighted by Gasteiger charge is -2.22. The van der Waals surface area contributed by atoms with Gasteiger partial charge in [-0.1, -0.05) is 61.9 Å². The number of sulfonamides is 1. The monoisotopic (exact) mass is 303 g/mol. The summed E-state index contributed by atoms with van der Waals surface area (Å²) in [5, 5.41) is 0. The molecule has 2 aromatic rings. The van der Waals surface area contributed by atoms with Crippen molar-refractivity contribution in [3.63, 3.8) is 0 Å². The third kappa shape index (κ3) is 3.93. The standard InChI is InChI=1S/C17H21NO2S/c1-13(2)17(15-7-5-4-6-8-15)18-21(19,20)16-11-9-14(3)10-12-16/h4-13,17-18H,1-3H3/t17-/m0/s1. The predicted molar refractivity (Wildman–Crippen MR) is 85.5 cm³/mol. The van der Waals surface area contributed by atoms with E-state index in [2.05, 4.69) is 4.72 Å². The first-order valence-electron chi connectivity index (χ1n) is 7.04. The molecule has 0 unspecified atom stereocenters. The van der Waals surface area contributed by atoms with Crippen molar-refractivity contribution >= 4 is 10.0 Å². The quantitative estimate of drug-likeness (QED) is 0.916. The number of hydrogen-bond donors (Lipinski definition) is 1. The average molecular weight is 303 g/mol. The Bertz CT molecular complexity index is 676. The van der Waals surface area contributed by atoms with Gasteiger partial charge in [-0.25, -0.2) is 13.1 Å². The van der Waals surface area contributed by atoms with Crippen molar-refractivity contribution in [2.45, 2.75) is 31.7 Å². The van der Waals surface area contributed by atoms with E-state index in [9.17, 15) is 8.42 Å². The zero-order chi connectivity index (χ0) is 15.5. The van der Waals surface area contributed by atoms with E-state index in [-0.39, 0.29) is 12.0 Å². The van der Waals surface area contributed by atoms with Crippen molar-refractivity contribution in [2.24, 2.45) is 5.92 Å². The van der Waals surface area contributed by atoms with Gasteiger partial charge < -0.3 is 0 Å². The van der Waals surface area contributed by atoms with Gasteiger partial charge in [-0.05, 0) is 30.5 Å². The van der Waals surface area contributed by atoms with Gasteiger partial charge in [0, 0.05) is 6.04 Å². The molecule has 0 bridgehead atoms. The molecule has 112 valence electrons. The first-order valence-corrected chi connectivity index (χ1v) is 8.52. The lowest BCUT2D eigenvalue weighted by Crippen LogP contribution is -2.31. The molecule has 2 rings (SSSR count). The molecule has 2 aromatic carbocycles. The fourth-order valence-corrected chi connectivity index (χ4v) is 3.58. The summed E-state index contributed by atoms with van der Waals surface area (Å²) < 4.78 is 27.9. The molecular formula is C17H21NO2S. The molecule has 0 saturated heterocycles. The van der Waals surface area contributed by atoms with E-state index < -0.39 is 10.0 Å². The summed E-state index contributed by atoms with van der Waals surface area (Å²) in [5.74, 6) is 0.160. The van der Waals surface area contributed by atoms with Crippen molar-refractivity contribution in [1.29, 1.82) is 0 Å². The van der Waals surface area contributed by atoms with E-state index in [1.54, 1.807) is 12.1 Å². The molecule has 3 nitrogen and oxygen atoms in total. The Morgan fingerprint density at radius 1 is 0.905 bits per heavy atom. The molecule has 21 heavy (non-hydrogen) atoms. The topological polar surface area (TPSA) is 46.2 Å². The summed E-state index contributed by atoms with van der Waals surface area (Å²) >= 11 is 0. The number of aryl methyl sites for hydroxylation is 1. The highest BCUT2D eigenvalue weighted by Gasteiger charge is 2.23. The first-order chi connectivity index (χ1) is 9.90. The van der Waals surface area contributed by atoms with Gasteiger partial charge in [0.15, 0.2) is 0 Å². The number of nitrogens with one attached hydrogen (secondary N) is 1. The Hall–Kier alpha value is -1.65. The van der Waals surface area contributed by atoms with E-state index in [4.69, 9.17) is 0 Å². The van der Waals surface area contributed by atoms with Crippen LogP contribution in [0.25, 0.3) is 0 Å². The normalized spacial score (nSPS) is 13.3. The summed E-state index contributed by atoms with van der Waals surface area (Å²) in [4.78, 5) is 0.301. The maximum Gasteiger partial charge on any atom is 0.241 e. The van der Waals surface area contributed by atoms with Crippen LogP contribution in [0, 0.1) is 12.8 Å². The second kappa shape index (κ2) is 6.41. The molecule has 1 atom stereocenters. The van der Waals surface area contributed by atoms with Crippen LogP contribution in [-0.2, 0) is 10.0 Å². The van der Waals surface area contributed by atoms with Gasteiger partial charge >= 0.3 is 0 Å². The fraction of sp³-hybridized carbons (Fsp3) is 0.294. The molecule has 0 aliphatic rings. The van der Waals surface area contributed by atoms with E-state index in [1.165, 1.54) is 0 Å². The van der Waals surface area contributed by atoms with E-state index in [1.807, 2.05) is 63.2 Å². The highest BCUT2D eigenvalue weighted by molar-refractivity contribution is 7.89. The van der Waals surface area contributed by atoms with Gasteiger partial charge in [0.2, 0.25) is 10.0 Å². The third-order valence-electron chi connectivity index (χ3n) is 3.44. The zero-order valence-electron chi connectivity index (χ0n) is 12.6. The molecule has 0 saturated carbocycles. The van der Waals surface area contributed by atoms with Gasteiger partial charge in [-0.3, -0.25) is 0 Å². The number of hydrogen-bond acceptors (Lipinski definition) is 2. The Morgan fingerprint density at radius 3 is 2.00 bits per heavy atom. The van der Waals surface area contributed by atoms with Crippen molar-refractivity contribution in [2.75, 3.05) is 0 Å². The van der Waals surface area contributed by atoms with Crippen molar-refractivity contribution in [3.8, 4) is 0 Å². The summed E-state index contributed by atoms with van der Waals surface area (Å²) in [5.41, 5.74) is 2.01. The number of rotatable bonds is 5. The van der Waals surface area contributed by atoms with Gasteiger partial charge in [-0.15, -0.1) is 0 Å². The molecule has 0 aromatic heterocycles. The van der Waals surface area contributed by atoms with Crippen LogP contribution < -0.4 is 4.72 Å². The van der Waals surface area contributed by atoms with Gasteiger partial charge in [0.1, 0.15) is 0 Å². The maximum atomic E-state index is 12.5. The maximum absolute atomic E-state index is 12.5. The van der Waals surface area contributed by atoms with Gasteiger partial charge in [-0.2, -0.15) is 0 Å². The molecule has 0 fully saturated rings. The van der Waals surface area contributed by atoms with Crippen LogP contribution >= 0.6 is 0 Å². The molecular weight excluding hydrogens is 282 g/mol. The van der Waals surface area contributed by atoms with Crippen LogP contribution in [0.2, 0.25) is 0 Å². The minimum absolute atomic E-state index is 0.160. The summed E-state index contributed by atoms with van der Waals surface area (Å²) in [6.07, 6.45) is 0. The van der Waals surface area contributed by atoms with Crippen LogP contribution in [-0.4, -0.2) is 8.42 Å². The lowest BCUT2D eigenvalue weighted by molar-refractivity contribution is 0.463. The van der Waals surface area contributed by atoms with E-state index in [0.717, 1.165) is 11.1 Å². The van der Waals surface area contributed by atoms with Crippen molar-refractivity contribution < 1.29 is 8.42 Å². The van der Waals surface area contributed by atoms with Gasteiger partial charge in [0.05, 0.1) is 4.90 Å². The first kappa shape index (κ1) is 15.7. The molecule has 1 N–H and O–H groups in total. The largest absolute Gasteiger partial charge is 0.241 e. The van der Waals surface area contributed by atoms with Gasteiger partial charge in [0.25, 0.3) is 0 Å². The smallest absolute Gasteiger partial charge is 0.207 e. The van der Waals surface area contributed by atoms with E-state index in [0.29, 0.717) is 4.90 Å². The molecule has 4 heteroatoms. The minimum atomic E-state index is -3.52. The molecule has 0 aliphatic heterocycles. The Morgan fingerprint density at radius 2 is 1.48 bits per heavy atom. The lowest BCUT2D eigenvalue weighted by atomic mass is 9.97. The van der Waals surface area contributed by atoms with Crippen LogP contribution in [0.15, 0.2) is 59.5 Å². The van der Waals surface area contributed by atoms with Crippen LogP contribution in [0.1, 0.15) is 31.0 Å². The summed E-state index contributed by atoms with van der Waals surface area (Å²) in [6.45, 7) is 5.95. The molecule has 0 spiro atoms. The predicted octanol–water partition coefficient (Wildman–Crippen LogP) is 3.67. The van der Waals surface area contributed by atoms with Crippen LogP contribution in [0.5, 0.6) is 0 Å². The SMILES string of the molecule is Cc1ccc(S(=O)(=O)N[C@H](c2ccccc2)C(C)C)cc1. The van der Waals surface area contributed by atoms with Crippen LogP contribution in [0.4, 0.5) is 0 Å². The summed E-state index contributed by atoms with van der Waals surface area (Å²) in [7, 11) is -3.52. The van der Waals surface area contributed by atoms with Crippen molar-refractivity contribution in [1.82, 2.24) is 4.72 Å². The van der Waals surface area contributed by atoms with E-state index >= 15 is 0 Å². The summed E-state index contributed by atoms with van der Waals surface area (Å²) in [6, 6.07) is 16.3.